The van der Waals surface area contributed by atoms with Crippen molar-refractivity contribution in [1.82, 2.24) is 0 Å². The molecule has 0 aliphatic carbocycles. The van der Waals surface area contributed by atoms with Crippen molar-refractivity contribution >= 4 is 23.0 Å². The molecule has 0 saturated heterocycles. The topological polar surface area (TPSA) is 64.9 Å². The van der Waals surface area contributed by atoms with Crippen LogP contribution in [-0.4, -0.2) is 5.91 Å². The second kappa shape index (κ2) is 7.80. The van der Waals surface area contributed by atoms with Crippen molar-refractivity contribution < 1.29 is 4.79 Å². The van der Waals surface area contributed by atoms with Crippen LogP contribution in [0, 0.1) is 11.3 Å². The fourth-order valence-electron chi connectivity index (χ4n) is 2.42. The second-order valence-corrected chi connectivity index (χ2v) is 5.60. The molecule has 1 amide bonds. The number of amides is 1. The first-order valence-electron chi connectivity index (χ1n) is 7.94. The van der Waals surface area contributed by atoms with E-state index in [-0.39, 0.29) is 5.91 Å². The van der Waals surface area contributed by atoms with Crippen molar-refractivity contribution in [2.24, 2.45) is 0 Å². The average molecular weight is 327 g/mol. The van der Waals surface area contributed by atoms with Gasteiger partial charge in [-0.1, -0.05) is 30.3 Å². The van der Waals surface area contributed by atoms with Gasteiger partial charge in [-0.05, 0) is 54.1 Å². The number of nitriles is 1. The van der Waals surface area contributed by atoms with Gasteiger partial charge in [0.05, 0.1) is 18.1 Å². The molecule has 122 valence electrons. The van der Waals surface area contributed by atoms with E-state index in [4.69, 9.17) is 5.26 Å². The number of hydrogen-bond donors (Lipinski definition) is 2. The molecule has 0 aliphatic heterocycles. The molecule has 4 nitrogen and oxygen atoms in total. The van der Waals surface area contributed by atoms with Crippen LogP contribution in [0.2, 0.25) is 0 Å². The summed E-state index contributed by atoms with van der Waals surface area (Å²) in [7, 11) is 0. The van der Waals surface area contributed by atoms with Crippen LogP contribution in [0.4, 0.5) is 17.1 Å². The number of rotatable bonds is 5. The van der Waals surface area contributed by atoms with Crippen molar-refractivity contribution in [2.45, 2.75) is 6.42 Å². The Bertz CT molecular complexity index is 879. The SMILES string of the molecule is N#Cc1ccc(Nc2ccc(NC(=O)Cc3ccccc3)cc2)cc1. The van der Waals surface area contributed by atoms with Crippen molar-refractivity contribution in [1.29, 1.82) is 5.26 Å². The van der Waals surface area contributed by atoms with Crippen molar-refractivity contribution in [2.75, 3.05) is 10.6 Å². The summed E-state index contributed by atoms with van der Waals surface area (Å²) in [6.07, 6.45) is 0.353. The number of carbonyl (C=O) groups is 1. The fraction of sp³-hybridized carbons (Fsp3) is 0.0476. The minimum absolute atomic E-state index is 0.0426. The number of anilines is 3. The maximum absolute atomic E-state index is 12.1. The van der Waals surface area contributed by atoms with Gasteiger partial charge in [0.1, 0.15) is 0 Å². The lowest BCUT2D eigenvalue weighted by Crippen LogP contribution is -2.14. The number of carbonyl (C=O) groups excluding carboxylic acids is 1. The quantitative estimate of drug-likeness (QED) is 0.726. The third kappa shape index (κ3) is 4.69. The molecule has 2 N–H and O–H groups in total. The minimum Gasteiger partial charge on any atom is -0.356 e. The predicted molar refractivity (Wildman–Crippen MR) is 99.7 cm³/mol. The summed E-state index contributed by atoms with van der Waals surface area (Å²) in [5, 5.41) is 15.0. The summed E-state index contributed by atoms with van der Waals surface area (Å²) in [5.74, 6) is -0.0426. The van der Waals surface area contributed by atoms with Crippen LogP contribution in [0.25, 0.3) is 0 Å². The van der Waals surface area contributed by atoms with Crippen molar-refractivity contribution in [3.05, 3.63) is 90.0 Å². The molecule has 0 saturated carbocycles. The Hall–Kier alpha value is -3.58. The van der Waals surface area contributed by atoms with Gasteiger partial charge in [-0.15, -0.1) is 0 Å². The summed E-state index contributed by atoms with van der Waals surface area (Å²) in [5.41, 5.74) is 4.18. The van der Waals surface area contributed by atoms with Crippen LogP contribution < -0.4 is 10.6 Å². The van der Waals surface area contributed by atoms with Crippen molar-refractivity contribution in [3.8, 4) is 6.07 Å². The number of nitrogens with one attached hydrogen (secondary N) is 2. The third-order valence-electron chi connectivity index (χ3n) is 3.68. The lowest BCUT2D eigenvalue weighted by molar-refractivity contribution is -0.115. The van der Waals surface area contributed by atoms with Gasteiger partial charge in [-0.2, -0.15) is 5.26 Å². The van der Waals surface area contributed by atoms with Crippen LogP contribution in [0.15, 0.2) is 78.9 Å². The summed E-state index contributed by atoms with van der Waals surface area (Å²) in [6, 6.07) is 26.5. The first-order chi connectivity index (χ1) is 12.2. The summed E-state index contributed by atoms with van der Waals surface area (Å²) in [6.45, 7) is 0. The molecule has 0 spiro atoms. The number of benzene rings is 3. The Morgan fingerprint density at radius 3 is 1.96 bits per heavy atom. The lowest BCUT2D eigenvalue weighted by Gasteiger charge is -2.09. The predicted octanol–water partition coefficient (Wildman–Crippen LogP) is 4.48. The largest absolute Gasteiger partial charge is 0.356 e. The second-order valence-electron chi connectivity index (χ2n) is 5.60. The van der Waals surface area contributed by atoms with Gasteiger partial charge in [0.25, 0.3) is 0 Å². The molecular formula is C21H17N3O. The normalized spacial score (nSPS) is 9.88. The molecule has 3 rings (SSSR count). The molecular weight excluding hydrogens is 310 g/mol. The summed E-state index contributed by atoms with van der Waals surface area (Å²) < 4.78 is 0. The molecule has 0 unspecified atom stereocenters. The van der Waals surface area contributed by atoms with Gasteiger partial charge in [-0.3, -0.25) is 4.79 Å². The van der Waals surface area contributed by atoms with Crippen molar-refractivity contribution in [3.63, 3.8) is 0 Å². The Balaban J connectivity index is 1.58. The van der Waals surface area contributed by atoms with Gasteiger partial charge >= 0.3 is 0 Å². The van der Waals surface area contributed by atoms with E-state index in [1.807, 2.05) is 66.7 Å². The standard InChI is InChI=1S/C21H17N3O/c22-15-17-6-8-18(9-7-17)23-19-10-12-20(13-11-19)24-21(25)14-16-4-2-1-3-5-16/h1-13,23H,14H2,(H,24,25). The molecule has 0 atom stereocenters. The highest BCUT2D eigenvalue weighted by atomic mass is 16.1. The Morgan fingerprint density at radius 1 is 0.800 bits per heavy atom. The number of hydrogen-bond acceptors (Lipinski definition) is 3. The van der Waals surface area contributed by atoms with Crippen LogP contribution in [0.5, 0.6) is 0 Å². The molecule has 3 aromatic carbocycles. The zero-order valence-corrected chi connectivity index (χ0v) is 13.6. The number of nitrogens with zero attached hydrogens (tertiary/aromatic N) is 1. The lowest BCUT2D eigenvalue weighted by atomic mass is 10.1. The molecule has 0 aromatic heterocycles. The maximum atomic E-state index is 12.1. The smallest absolute Gasteiger partial charge is 0.228 e. The zero-order chi connectivity index (χ0) is 17.5. The van der Waals surface area contributed by atoms with Crippen LogP contribution >= 0.6 is 0 Å². The fourth-order valence-corrected chi connectivity index (χ4v) is 2.42. The van der Waals surface area contributed by atoms with Gasteiger partial charge < -0.3 is 10.6 Å². The van der Waals surface area contributed by atoms with E-state index in [0.29, 0.717) is 12.0 Å². The van der Waals surface area contributed by atoms with Crippen LogP contribution in [0.1, 0.15) is 11.1 Å². The van der Waals surface area contributed by atoms with E-state index in [9.17, 15) is 4.79 Å². The summed E-state index contributed by atoms with van der Waals surface area (Å²) >= 11 is 0. The average Bonchev–Trinajstić information content (AvgIpc) is 2.65. The van der Waals surface area contributed by atoms with E-state index in [1.165, 1.54) is 0 Å². The molecule has 3 aromatic rings. The Kier molecular flexibility index (Phi) is 5.08. The van der Waals surface area contributed by atoms with Gasteiger partial charge in [0.15, 0.2) is 0 Å². The van der Waals surface area contributed by atoms with Gasteiger partial charge in [0, 0.05) is 17.1 Å². The molecule has 0 heterocycles. The van der Waals surface area contributed by atoms with E-state index in [0.717, 1.165) is 22.6 Å². The Morgan fingerprint density at radius 2 is 1.36 bits per heavy atom. The Labute approximate surface area is 146 Å². The minimum atomic E-state index is -0.0426. The maximum Gasteiger partial charge on any atom is 0.228 e. The van der Waals surface area contributed by atoms with Gasteiger partial charge in [-0.25, -0.2) is 0 Å². The molecule has 0 fully saturated rings. The van der Waals surface area contributed by atoms with E-state index >= 15 is 0 Å². The highest BCUT2D eigenvalue weighted by Crippen LogP contribution is 2.19. The van der Waals surface area contributed by atoms with E-state index in [1.54, 1.807) is 12.1 Å². The van der Waals surface area contributed by atoms with Crippen LogP contribution in [-0.2, 0) is 11.2 Å². The van der Waals surface area contributed by atoms with E-state index < -0.39 is 0 Å². The van der Waals surface area contributed by atoms with Gasteiger partial charge in [0.2, 0.25) is 5.91 Å². The highest BCUT2D eigenvalue weighted by Gasteiger charge is 2.04. The molecule has 0 radical (unpaired) electrons. The molecule has 25 heavy (non-hydrogen) atoms. The molecule has 4 heteroatoms. The molecule has 0 bridgehead atoms. The summed E-state index contributed by atoms with van der Waals surface area (Å²) in [4.78, 5) is 12.1. The van der Waals surface area contributed by atoms with E-state index in [2.05, 4.69) is 16.7 Å². The zero-order valence-electron chi connectivity index (χ0n) is 13.6. The molecule has 0 aliphatic rings. The third-order valence-corrected chi connectivity index (χ3v) is 3.68. The monoisotopic (exact) mass is 327 g/mol. The first-order valence-corrected chi connectivity index (χ1v) is 7.94. The highest BCUT2D eigenvalue weighted by molar-refractivity contribution is 5.92. The van der Waals surface area contributed by atoms with Crippen LogP contribution in [0.3, 0.4) is 0 Å². The first kappa shape index (κ1) is 16.3.